The molecule has 5 nitrogen and oxygen atoms in total. The molecular weight excluding hydrogens is 278 g/mol. The van der Waals surface area contributed by atoms with Crippen LogP contribution < -0.4 is 5.32 Å². The van der Waals surface area contributed by atoms with Crippen LogP contribution in [0.15, 0.2) is 0 Å². The van der Waals surface area contributed by atoms with Gasteiger partial charge in [-0.3, -0.25) is 14.5 Å². The van der Waals surface area contributed by atoms with Crippen LogP contribution in [0.1, 0.15) is 52.9 Å². The van der Waals surface area contributed by atoms with Crippen LogP contribution in [0.2, 0.25) is 0 Å². The Bertz CT molecular complexity index is 453. The molecule has 1 saturated carbocycles. The number of rotatable bonds is 3. The molecule has 5 heteroatoms. The fraction of sp³-hybridized carbons (Fsp3) is 0.882. The smallest absolute Gasteiger partial charge is 0.243 e. The largest absolute Gasteiger partial charge is 0.350 e. The molecule has 2 heterocycles. The van der Waals surface area contributed by atoms with Crippen LogP contribution in [0.5, 0.6) is 0 Å². The van der Waals surface area contributed by atoms with Crippen molar-refractivity contribution in [2.75, 3.05) is 19.6 Å². The normalized spacial score (nSPS) is 29.9. The van der Waals surface area contributed by atoms with Crippen LogP contribution >= 0.6 is 0 Å². The molecule has 1 aliphatic carbocycles. The quantitative estimate of drug-likeness (QED) is 0.857. The lowest BCUT2D eigenvalue weighted by Gasteiger charge is -2.30. The SMILES string of the molecule is CC(C)(C)C(=O)N1CCC[C@H]1C(=O)N[C@H]1CCN(C2CC2)C1. The molecule has 0 aromatic heterocycles. The Morgan fingerprint density at radius 1 is 1.05 bits per heavy atom. The molecule has 0 bridgehead atoms. The third-order valence-electron chi connectivity index (χ3n) is 5.09. The Balaban J connectivity index is 1.56. The van der Waals surface area contributed by atoms with Gasteiger partial charge in [0.15, 0.2) is 0 Å². The predicted molar refractivity (Wildman–Crippen MR) is 85.3 cm³/mol. The van der Waals surface area contributed by atoms with E-state index in [0.717, 1.165) is 38.4 Å². The van der Waals surface area contributed by atoms with E-state index in [1.54, 1.807) is 4.90 Å². The lowest BCUT2D eigenvalue weighted by molar-refractivity contribution is -0.144. The van der Waals surface area contributed by atoms with E-state index in [1.807, 2.05) is 20.8 Å². The monoisotopic (exact) mass is 307 g/mol. The maximum atomic E-state index is 12.6. The molecule has 0 unspecified atom stereocenters. The van der Waals surface area contributed by atoms with Gasteiger partial charge >= 0.3 is 0 Å². The second-order valence-corrected chi connectivity index (χ2v) is 8.13. The summed E-state index contributed by atoms with van der Waals surface area (Å²) in [5, 5.41) is 3.20. The third-order valence-corrected chi connectivity index (χ3v) is 5.09. The molecule has 2 amide bonds. The van der Waals surface area contributed by atoms with Gasteiger partial charge in [-0.15, -0.1) is 0 Å². The Kier molecular flexibility index (Phi) is 4.19. The summed E-state index contributed by atoms with van der Waals surface area (Å²) in [7, 11) is 0. The number of likely N-dealkylation sites (tertiary alicyclic amines) is 2. The summed E-state index contributed by atoms with van der Waals surface area (Å²) in [5.74, 6) is 0.147. The highest BCUT2D eigenvalue weighted by Gasteiger charge is 2.40. The van der Waals surface area contributed by atoms with Crippen LogP contribution in [0.25, 0.3) is 0 Å². The molecule has 2 aliphatic heterocycles. The van der Waals surface area contributed by atoms with Crippen molar-refractivity contribution in [3.8, 4) is 0 Å². The van der Waals surface area contributed by atoms with E-state index in [-0.39, 0.29) is 23.9 Å². The average molecular weight is 307 g/mol. The second kappa shape index (κ2) is 5.84. The highest BCUT2D eigenvalue weighted by atomic mass is 16.2. The molecule has 3 fully saturated rings. The Morgan fingerprint density at radius 3 is 2.41 bits per heavy atom. The number of carbonyl (C=O) groups is 2. The summed E-state index contributed by atoms with van der Waals surface area (Å²) >= 11 is 0. The molecule has 3 aliphatic rings. The van der Waals surface area contributed by atoms with E-state index in [0.29, 0.717) is 6.54 Å². The van der Waals surface area contributed by atoms with Gasteiger partial charge in [0.25, 0.3) is 0 Å². The van der Waals surface area contributed by atoms with Crippen LogP contribution in [0.3, 0.4) is 0 Å². The zero-order valence-electron chi connectivity index (χ0n) is 14.1. The number of hydrogen-bond donors (Lipinski definition) is 1. The summed E-state index contributed by atoms with van der Waals surface area (Å²) in [5.41, 5.74) is -0.418. The van der Waals surface area contributed by atoms with Crippen LogP contribution in [0.4, 0.5) is 0 Å². The number of carbonyl (C=O) groups excluding carboxylic acids is 2. The fourth-order valence-corrected chi connectivity index (χ4v) is 3.69. The van der Waals surface area contributed by atoms with Crippen molar-refractivity contribution in [3.63, 3.8) is 0 Å². The van der Waals surface area contributed by atoms with Gasteiger partial charge in [0.1, 0.15) is 6.04 Å². The highest BCUT2D eigenvalue weighted by molar-refractivity contribution is 5.90. The zero-order chi connectivity index (χ0) is 15.9. The molecule has 2 atom stereocenters. The molecule has 1 N–H and O–H groups in total. The molecule has 0 radical (unpaired) electrons. The minimum atomic E-state index is -0.418. The molecule has 22 heavy (non-hydrogen) atoms. The average Bonchev–Trinajstić information content (AvgIpc) is 3.00. The first-order valence-corrected chi connectivity index (χ1v) is 8.72. The van der Waals surface area contributed by atoms with Gasteiger partial charge in [0, 0.05) is 37.1 Å². The summed E-state index contributed by atoms with van der Waals surface area (Å²) in [6.45, 7) is 8.57. The van der Waals surface area contributed by atoms with Crippen molar-refractivity contribution < 1.29 is 9.59 Å². The van der Waals surface area contributed by atoms with Crippen molar-refractivity contribution >= 4 is 11.8 Å². The van der Waals surface area contributed by atoms with Gasteiger partial charge < -0.3 is 10.2 Å². The van der Waals surface area contributed by atoms with Gasteiger partial charge in [-0.25, -0.2) is 0 Å². The van der Waals surface area contributed by atoms with E-state index in [2.05, 4.69) is 10.2 Å². The second-order valence-electron chi connectivity index (χ2n) is 8.13. The van der Waals surface area contributed by atoms with Gasteiger partial charge in [-0.2, -0.15) is 0 Å². The predicted octanol–water partition coefficient (Wildman–Crippen LogP) is 1.38. The van der Waals surface area contributed by atoms with Gasteiger partial charge in [0.2, 0.25) is 11.8 Å². The molecule has 3 rings (SSSR count). The van der Waals surface area contributed by atoms with E-state index in [4.69, 9.17) is 0 Å². The number of nitrogens with zero attached hydrogens (tertiary/aromatic N) is 2. The molecule has 2 saturated heterocycles. The van der Waals surface area contributed by atoms with Gasteiger partial charge in [-0.05, 0) is 32.1 Å². The van der Waals surface area contributed by atoms with E-state index >= 15 is 0 Å². The van der Waals surface area contributed by atoms with Crippen LogP contribution in [-0.2, 0) is 9.59 Å². The van der Waals surface area contributed by atoms with Crippen molar-refractivity contribution in [2.45, 2.75) is 71.0 Å². The summed E-state index contributed by atoms with van der Waals surface area (Å²) in [6.07, 6.45) is 5.40. The lowest BCUT2D eigenvalue weighted by atomic mass is 9.94. The summed E-state index contributed by atoms with van der Waals surface area (Å²) in [6, 6.07) is 0.773. The fourth-order valence-electron chi connectivity index (χ4n) is 3.69. The topological polar surface area (TPSA) is 52.7 Å². The molecule has 0 aromatic carbocycles. The molecule has 124 valence electrons. The minimum Gasteiger partial charge on any atom is -0.350 e. The lowest BCUT2D eigenvalue weighted by Crippen LogP contribution is -2.51. The first-order chi connectivity index (χ1) is 10.4. The minimum absolute atomic E-state index is 0.0535. The molecule has 0 aromatic rings. The van der Waals surface area contributed by atoms with Gasteiger partial charge in [-0.1, -0.05) is 20.8 Å². The Labute approximate surface area is 133 Å². The summed E-state index contributed by atoms with van der Waals surface area (Å²) < 4.78 is 0. The van der Waals surface area contributed by atoms with Crippen molar-refractivity contribution in [3.05, 3.63) is 0 Å². The molecular formula is C17H29N3O2. The van der Waals surface area contributed by atoms with Crippen molar-refractivity contribution in [1.82, 2.24) is 15.1 Å². The number of amides is 2. The van der Waals surface area contributed by atoms with Crippen LogP contribution in [0, 0.1) is 5.41 Å². The van der Waals surface area contributed by atoms with Crippen molar-refractivity contribution in [2.24, 2.45) is 5.41 Å². The zero-order valence-corrected chi connectivity index (χ0v) is 14.1. The highest BCUT2D eigenvalue weighted by Crippen LogP contribution is 2.30. The standard InChI is InChI=1S/C17H29N3O2/c1-17(2,3)16(22)20-9-4-5-14(20)15(21)18-12-8-10-19(11-12)13-6-7-13/h12-14H,4-11H2,1-3H3,(H,18,21)/t12-,14-/m0/s1. The molecule has 0 spiro atoms. The number of nitrogens with one attached hydrogen (secondary N) is 1. The third kappa shape index (κ3) is 3.29. The van der Waals surface area contributed by atoms with Crippen molar-refractivity contribution in [1.29, 1.82) is 0 Å². The van der Waals surface area contributed by atoms with E-state index in [1.165, 1.54) is 12.8 Å². The van der Waals surface area contributed by atoms with Crippen LogP contribution in [-0.4, -0.2) is 59.4 Å². The Hall–Kier alpha value is -1.10. The maximum absolute atomic E-state index is 12.6. The number of hydrogen-bond acceptors (Lipinski definition) is 3. The van der Waals surface area contributed by atoms with E-state index < -0.39 is 5.41 Å². The summed E-state index contributed by atoms with van der Waals surface area (Å²) in [4.78, 5) is 29.4. The maximum Gasteiger partial charge on any atom is 0.243 e. The van der Waals surface area contributed by atoms with Gasteiger partial charge in [0.05, 0.1) is 0 Å². The first kappa shape index (κ1) is 15.8. The van der Waals surface area contributed by atoms with E-state index in [9.17, 15) is 9.59 Å². The first-order valence-electron chi connectivity index (χ1n) is 8.72. The Morgan fingerprint density at radius 2 is 1.77 bits per heavy atom.